The molecule has 0 unspecified atom stereocenters. The lowest BCUT2D eigenvalue weighted by molar-refractivity contribution is 0.872. The number of nitrogens with one attached hydrogen (secondary N) is 1. The average molecular weight is 335 g/mol. The van der Waals surface area contributed by atoms with Crippen LogP contribution in [-0.4, -0.2) is 21.1 Å². The molecule has 0 aliphatic heterocycles. The number of rotatable bonds is 3. The highest BCUT2D eigenvalue weighted by Gasteiger charge is 2.08. The van der Waals surface area contributed by atoms with Gasteiger partial charge in [-0.25, -0.2) is 5.10 Å². The average Bonchev–Trinajstić information content (AvgIpc) is 3.03. The summed E-state index contributed by atoms with van der Waals surface area (Å²) in [5, 5.41) is 14.1. The predicted molar refractivity (Wildman–Crippen MR) is 89.9 cm³/mol. The second-order valence-electron chi connectivity index (χ2n) is 4.39. The first-order chi connectivity index (χ1) is 10.1. The van der Waals surface area contributed by atoms with Gasteiger partial charge in [0.1, 0.15) is 0 Å². The van der Waals surface area contributed by atoms with Crippen molar-refractivity contribution in [3.05, 3.63) is 55.9 Å². The van der Waals surface area contributed by atoms with E-state index in [4.69, 9.17) is 23.8 Å². The van der Waals surface area contributed by atoms with Crippen molar-refractivity contribution in [2.75, 3.05) is 0 Å². The lowest BCUT2D eigenvalue weighted by Crippen LogP contribution is -1.94. The van der Waals surface area contributed by atoms with Crippen molar-refractivity contribution in [2.24, 2.45) is 5.10 Å². The second kappa shape index (κ2) is 5.93. The highest BCUT2D eigenvalue weighted by molar-refractivity contribution is 7.71. The number of thiophene rings is 1. The van der Waals surface area contributed by atoms with Gasteiger partial charge in [-0.2, -0.15) is 14.9 Å². The zero-order valence-corrected chi connectivity index (χ0v) is 13.5. The highest BCUT2D eigenvalue weighted by atomic mass is 35.5. The van der Waals surface area contributed by atoms with Crippen molar-refractivity contribution in [3.63, 3.8) is 0 Å². The minimum absolute atomic E-state index is 0.440. The molecule has 0 saturated carbocycles. The van der Waals surface area contributed by atoms with Gasteiger partial charge in [0.2, 0.25) is 4.77 Å². The molecule has 21 heavy (non-hydrogen) atoms. The van der Waals surface area contributed by atoms with Gasteiger partial charge in [-0.15, -0.1) is 11.3 Å². The molecule has 0 amide bonds. The SMILES string of the molecule is Cc1ccsc1/C=N/n1c(-c2cccc(Cl)c2)n[nH]c1=S. The van der Waals surface area contributed by atoms with E-state index in [2.05, 4.69) is 21.4 Å². The molecular weight excluding hydrogens is 324 g/mol. The molecular formula is C14H11ClN4S2. The summed E-state index contributed by atoms with van der Waals surface area (Å²) < 4.78 is 2.04. The standard InChI is InChI=1S/C14H11ClN4S2/c1-9-5-6-21-12(9)8-16-19-13(17-18-14(19)20)10-3-2-4-11(15)7-10/h2-8H,1H3,(H,18,20)/b16-8+. The summed E-state index contributed by atoms with van der Waals surface area (Å²) in [5.74, 6) is 0.632. The lowest BCUT2D eigenvalue weighted by atomic mass is 10.2. The molecule has 3 aromatic rings. The topological polar surface area (TPSA) is 46.0 Å². The van der Waals surface area contributed by atoms with Crippen molar-refractivity contribution in [2.45, 2.75) is 6.92 Å². The number of benzene rings is 1. The third kappa shape index (κ3) is 2.97. The van der Waals surface area contributed by atoms with Gasteiger partial charge in [0, 0.05) is 10.6 Å². The predicted octanol–water partition coefficient (Wildman–Crippen LogP) is 4.51. The van der Waals surface area contributed by atoms with Crippen LogP contribution >= 0.6 is 35.2 Å². The fraction of sp³-hybridized carbons (Fsp3) is 0.0714. The van der Waals surface area contributed by atoms with Gasteiger partial charge >= 0.3 is 0 Å². The van der Waals surface area contributed by atoms with Crippen LogP contribution in [0.1, 0.15) is 10.4 Å². The number of nitrogens with zero attached hydrogens (tertiary/aromatic N) is 3. The largest absolute Gasteiger partial charge is 0.250 e. The third-order valence-corrected chi connectivity index (χ3v) is 4.38. The summed E-state index contributed by atoms with van der Waals surface area (Å²) in [4.78, 5) is 1.09. The Morgan fingerprint density at radius 2 is 2.29 bits per heavy atom. The number of aryl methyl sites for hydroxylation is 1. The fourth-order valence-electron chi connectivity index (χ4n) is 1.84. The van der Waals surface area contributed by atoms with Gasteiger partial charge in [-0.3, -0.25) is 0 Å². The molecule has 0 aliphatic carbocycles. The Morgan fingerprint density at radius 3 is 3.00 bits per heavy atom. The van der Waals surface area contributed by atoms with E-state index in [9.17, 15) is 0 Å². The smallest absolute Gasteiger partial charge is 0.216 e. The van der Waals surface area contributed by atoms with Crippen molar-refractivity contribution in [1.29, 1.82) is 0 Å². The van der Waals surface area contributed by atoms with Crippen LogP contribution in [-0.2, 0) is 0 Å². The van der Waals surface area contributed by atoms with Crippen molar-refractivity contribution in [1.82, 2.24) is 14.9 Å². The van der Waals surface area contributed by atoms with Crippen LogP contribution < -0.4 is 0 Å². The second-order valence-corrected chi connectivity index (χ2v) is 6.16. The van der Waals surface area contributed by atoms with Crippen molar-refractivity contribution < 1.29 is 0 Å². The fourth-order valence-corrected chi connectivity index (χ4v) is 2.99. The van der Waals surface area contributed by atoms with Crippen LogP contribution in [0, 0.1) is 11.7 Å². The summed E-state index contributed by atoms with van der Waals surface area (Å²) >= 11 is 12.9. The highest BCUT2D eigenvalue weighted by Crippen LogP contribution is 2.21. The van der Waals surface area contributed by atoms with E-state index in [1.807, 2.05) is 36.6 Å². The molecule has 0 fully saturated rings. The Kier molecular flexibility index (Phi) is 4.01. The summed E-state index contributed by atoms with van der Waals surface area (Å²) in [6, 6.07) is 9.48. The number of hydrogen-bond donors (Lipinski definition) is 1. The molecule has 3 rings (SSSR count). The first kappa shape index (κ1) is 14.2. The zero-order chi connectivity index (χ0) is 14.8. The van der Waals surface area contributed by atoms with Crippen LogP contribution in [0.5, 0.6) is 0 Å². The van der Waals surface area contributed by atoms with Crippen LogP contribution in [0.25, 0.3) is 11.4 Å². The minimum atomic E-state index is 0.440. The van der Waals surface area contributed by atoms with E-state index < -0.39 is 0 Å². The van der Waals surface area contributed by atoms with Gasteiger partial charge in [-0.1, -0.05) is 23.7 Å². The summed E-state index contributed by atoms with van der Waals surface area (Å²) in [7, 11) is 0. The van der Waals surface area contributed by atoms with Crippen molar-refractivity contribution in [3.8, 4) is 11.4 Å². The Balaban J connectivity index is 2.04. The molecule has 7 heteroatoms. The third-order valence-electron chi connectivity index (χ3n) is 2.93. The Bertz CT molecular complexity index is 860. The maximum atomic E-state index is 6.02. The maximum Gasteiger partial charge on any atom is 0.216 e. The Morgan fingerprint density at radius 1 is 1.43 bits per heavy atom. The monoisotopic (exact) mass is 334 g/mol. The van der Waals surface area contributed by atoms with Gasteiger partial charge < -0.3 is 0 Å². The zero-order valence-electron chi connectivity index (χ0n) is 11.1. The number of hydrogen-bond acceptors (Lipinski definition) is 4. The van der Waals surface area contributed by atoms with E-state index in [1.54, 1.807) is 22.2 Å². The van der Waals surface area contributed by atoms with Crippen LogP contribution in [0.2, 0.25) is 5.02 Å². The summed E-state index contributed by atoms with van der Waals surface area (Å²) in [5.41, 5.74) is 2.04. The maximum absolute atomic E-state index is 6.02. The van der Waals surface area contributed by atoms with E-state index in [0.29, 0.717) is 15.6 Å². The number of aromatic amines is 1. The lowest BCUT2D eigenvalue weighted by Gasteiger charge is -2.01. The van der Waals surface area contributed by atoms with Crippen LogP contribution in [0.3, 0.4) is 0 Å². The molecule has 0 atom stereocenters. The van der Waals surface area contributed by atoms with Gasteiger partial charge in [0.15, 0.2) is 5.82 Å². The van der Waals surface area contributed by atoms with E-state index in [0.717, 1.165) is 10.4 Å². The Labute approximate surface area is 135 Å². The first-order valence-electron chi connectivity index (χ1n) is 6.17. The molecule has 0 spiro atoms. The molecule has 2 heterocycles. The van der Waals surface area contributed by atoms with Crippen molar-refractivity contribution >= 4 is 41.4 Å². The van der Waals surface area contributed by atoms with E-state index in [-0.39, 0.29) is 0 Å². The molecule has 0 saturated heterocycles. The molecule has 106 valence electrons. The minimum Gasteiger partial charge on any atom is -0.250 e. The molecule has 0 bridgehead atoms. The van der Waals surface area contributed by atoms with Gasteiger partial charge in [0.05, 0.1) is 11.1 Å². The number of halogens is 1. The van der Waals surface area contributed by atoms with E-state index in [1.165, 1.54) is 5.56 Å². The Hall–Kier alpha value is -1.76. The molecule has 1 N–H and O–H groups in total. The number of aromatic nitrogens is 3. The first-order valence-corrected chi connectivity index (χ1v) is 7.83. The molecule has 2 aromatic heterocycles. The number of H-pyrrole nitrogens is 1. The van der Waals surface area contributed by atoms with Crippen LogP contribution in [0.15, 0.2) is 40.8 Å². The molecule has 0 aliphatic rings. The summed E-state index contributed by atoms with van der Waals surface area (Å²) in [6.45, 7) is 2.05. The van der Waals surface area contributed by atoms with Gasteiger partial charge in [0.25, 0.3) is 0 Å². The van der Waals surface area contributed by atoms with Gasteiger partial charge in [-0.05, 0) is 48.3 Å². The van der Waals surface area contributed by atoms with E-state index >= 15 is 0 Å². The molecule has 4 nitrogen and oxygen atoms in total. The molecule has 1 aromatic carbocycles. The quantitative estimate of drug-likeness (QED) is 0.565. The molecule has 0 radical (unpaired) electrons. The van der Waals surface area contributed by atoms with Crippen LogP contribution in [0.4, 0.5) is 0 Å². The summed E-state index contributed by atoms with van der Waals surface area (Å²) in [6.07, 6.45) is 1.79. The normalized spacial score (nSPS) is 11.3.